The van der Waals surface area contributed by atoms with E-state index in [2.05, 4.69) is 20.6 Å². The second-order valence-corrected chi connectivity index (χ2v) is 5.99. The standard InChI is InChI=1S/C21H20N4O4/c1-28-16-3-4-19(29-2)17(12-16)25-21(27)18-11-15(7-10-23-18)20(26)24-13-14-5-8-22-9-6-14/h3-12H,13H2,1-2H3,(H,24,26)(H,25,27). The maximum Gasteiger partial charge on any atom is 0.274 e. The Kier molecular flexibility index (Phi) is 6.36. The van der Waals surface area contributed by atoms with Crippen LogP contribution >= 0.6 is 0 Å². The van der Waals surface area contributed by atoms with Gasteiger partial charge in [-0.05, 0) is 42.0 Å². The number of nitrogens with zero attached hydrogens (tertiary/aromatic N) is 2. The van der Waals surface area contributed by atoms with Crippen LogP contribution in [0, 0.1) is 0 Å². The fourth-order valence-corrected chi connectivity index (χ4v) is 2.58. The van der Waals surface area contributed by atoms with Gasteiger partial charge in [0.05, 0.1) is 19.9 Å². The lowest BCUT2D eigenvalue weighted by Crippen LogP contribution is -2.23. The molecule has 3 rings (SSSR count). The highest BCUT2D eigenvalue weighted by atomic mass is 16.5. The molecule has 1 aromatic carbocycles. The molecule has 0 saturated heterocycles. The van der Waals surface area contributed by atoms with Crippen molar-refractivity contribution in [3.05, 3.63) is 77.9 Å². The second-order valence-electron chi connectivity index (χ2n) is 5.99. The van der Waals surface area contributed by atoms with E-state index in [4.69, 9.17) is 9.47 Å². The quantitative estimate of drug-likeness (QED) is 0.641. The number of nitrogens with one attached hydrogen (secondary N) is 2. The van der Waals surface area contributed by atoms with Gasteiger partial charge in [0.25, 0.3) is 11.8 Å². The number of carbonyl (C=O) groups excluding carboxylic acids is 2. The summed E-state index contributed by atoms with van der Waals surface area (Å²) in [6.45, 7) is 0.353. The van der Waals surface area contributed by atoms with Crippen LogP contribution in [0.2, 0.25) is 0 Å². The van der Waals surface area contributed by atoms with Gasteiger partial charge >= 0.3 is 0 Å². The van der Waals surface area contributed by atoms with E-state index in [0.717, 1.165) is 5.56 Å². The van der Waals surface area contributed by atoms with Crippen molar-refractivity contribution in [1.82, 2.24) is 15.3 Å². The average Bonchev–Trinajstić information content (AvgIpc) is 2.78. The molecule has 3 aromatic rings. The monoisotopic (exact) mass is 392 g/mol. The fourth-order valence-electron chi connectivity index (χ4n) is 2.58. The Hall–Kier alpha value is -3.94. The van der Waals surface area contributed by atoms with Gasteiger partial charge in [-0.25, -0.2) is 0 Å². The Morgan fingerprint density at radius 2 is 1.72 bits per heavy atom. The van der Waals surface area contributed by atoms with Crippen molar-refractivity contribution in [2.24, 2.45) is 0 Å². The van der Waals surface area contributed by atoms with Crippen LogP contribution in [0.4, 0.5) is 5.69 Å². The van der Waals surface area contributed by atoms with Gasteiger partial charge in [-0.15, -0.1) is 0 Å². The summed E-state index contributed by atoms with van der Waals surface area (Å²) in [6, 6.07) is 11.7. The molecule has 0 atom stereocenters. The molecule has 0 aliphatic rings. The number of hydrogen-bond donors (Lipinski definition) is 2. The van der Waals surface area contributed by atoms with Crippen LogP contribution in [0.3, 0.4) is 0 Å². The molecule has 0 unspecified atom stereocenters. The number of rotatable bonds is 7. The third-order valence-corrected chi connectivity index (χ3v) is 4.11. The fraction of sp³-hybridized carbons (Fsp3) is 0.143. The SMILES string of the molecule is COc1ccc(OC)c(NC(=O)c2cc(C(=O)NCc3ccncc3)ccn2)c1. The molecular weight excluding hydrogens is 372 g/mol. The van der Waals surface area contributed by atoms with Gasteiger partial charge in [-0.2, -0.15) is 0 Å². The molecule has 2 amide bonds. The highest BCUT2D eigenvalue weighted by Crippen LogP contribution is 2.29. The Bertz CT molecular complexity index is 1010. The van der Waals surface area contributed by atoms with Crippen molar-refractivity contribution in [1.29, 1.82) is 0 Å². The number of hydrogen-bond acceptors (Lipinski definition) is 6. The zero-order valence-corrected chi connectivity index (χ0v) is 16.0. The van der Waals surface area contributed by atoms with E-state index in [0.29, 0.717) is 29.3 Å². The average molecular weight is 392 g/mol. The first-order chi connectivity index (χ1) is 14.1. The predicted octanol–water partition coefficient (Wildman–Crippen LogP) is 2.68. The molecule has 2 N–H and O–H groups in total. The summed E-state index contributed by atoms with van der Waals surface area (Å²) in [5.41, 5.74) is 1.79. The van der Waals surface area contributed by atoms with Gasteiger partial charge in [0.2, 0.25) is 0 Å². The Morgan fingerprint density at radius 3 is 2.45 bits per heavy atom. The van der Waals surface area contributed by atoms with E-state index >= 15 is 0 Å². The molecule has 0 aliphatic carbocycles. The smallest absolute Gasteiger partial charge is 0.274 e. The number of amides is 2. The number of anilines is 1. The first-order valence-electron chi connectivity index (χ1n) is 8.77. The molecule has 8 heteroatoms. The van der Waals surface area contributed by atoms with E-state index in [9.17, 15) is 9.59 Å². The molecule has 2 aromatic heterocycles. The summed E-state index contributed by atoms with van der Waals surface area (Å²) in [5.74, 6) is 0.265. The van der Waals surface area contributed by atoms with Crippen molar-refractivity contribution in [2.75, 3.05) is 19.5 Å². The third-order valence-electron chi connectivity index (χ3n) is 4.11. The molecule has 0 aliphatic heterocycles. The summed E-state index contributed by atoms with van der Waals surface area (Å²) >= 11 is 0. The Balaban J connectivity index is 1.72. The maximum atomic E-state index is 12.6. The van der Waals surface area contributed by atoms with Crippen LogP contribution in [-0.2, 0) is 6.54 Å². The minimum absolute atomic E-state index is 0.103. The lowest BCUT2D eigenvalue weighted by molar-refractivity contribution is 0.0950. The predicted molar refractivity (Wildman–Crippen MR) is 107 cm³/mol. The highest BCUT2D eigenvalue weighted by molar-refractivity contribution is 6.05. The van der Waals surface area contributed by atoms with Crippen molar-refractivity contribution >= 4 is 17.5 Å². The molecule has 148 valence electrons. The molecular formula is C21H20N4O4. The van der Waals surface area contributed by atoms with Gasteiger partial charge in [-0.3, -0.25) is 19.6 Å². The zero-order chi connectivity index (χ0) is 20.6. The van der Waals surface area contributed by atoms with Crippen molar-refractivity contribution in [2.45, 2.75) is 6.54 Å². The number of pyridine rings is 2. The van der Waals surface area contributed by atoms with Crippen molar-refractivity contribution in [3.63, 3.8) is 0 Å². The molecule has 0 saturated carbocycles. The van der Waals surface area contributed by atoms with Crippen molar-refractivity contribution < 1.29 is 19.1 Å². The number of aromatic nitrogens is 2. The number of benzene rings is 1. The summed E-state index contributed by atoms with van der Waals surface area (Å²) in [5, 5.41) is 5.53. The molecule has 0 fully saturated rings. The molecule has 29 heavy (non-hydrogen) atoms. The zero-order valence-electron chi connectivity index (χ0n) is 16.0. The van der Waals surface area contributed by atoms with E-state index in [1.807, 2.05) is 12.1 Å². The van der Waals surface area contributed by atoms with Crippen LogP contribution in [0.25, 0.3) is 0 Å². The van der Waals surface area contributed by atoms with Crippen LogP contribution in [0.15, 0.2) is 61.1 Å². The summed E-state index contributed by atoms with van der Waals surface area (Å²) in [6.07, 6.45) is 4.73. The number of methoxy groups -OCH3 is 2. The Labute approximate surface area is 167 Å². The lowest BCUT2D eigenvalue weighted by atomic mass is 10.2. The van der Waals surface area contributed by atoms with E-state index in [1.165, 1.54) is 26.5 Å². The van der Waals surface area contributed by atoms with Crippen LogP contribution in [0.1, 0.15) is 26.4 Å². The third kappa shape index (κ3) is 5.07. The van der Waals surface area contributed by atoms with Gasteiger partial charge < -0.3 is 20.1 Å². The van der Waals surface area contributed by atoms with Gasteiger partial charge in [0.15, 0.2) is 0 Å². The second kappa shape index (κ2) is 9.32. The van der Waals surface area contributed by atoms with E-state index in [1.54, 1.807) is 36.7 Å². The van der Waals surface area contributed by atoms with E-state index in [-0.39, 0.29) is 11.6 Å². The highest BCUT2D eigenvalue weighted by Gasteiger charge is 2.14. The van der Waals surface area contributed by atoms with Crippen molar-refractivity contribution in [3.8, 4) is 11.5 Å². The minimum atomic E-state index is -0.472. The molecule has 0 radical (unpaired) electrons. The first kappa shape index (κ1) is 19.8. The van der Waals surface area contributed by atoms with E-state index < -0.39 is 5.91 Å². The maximum absolute atomic E-state index is 12.6. The first-order valence-corrected chi connectivity index (χ1v) is 8.77. The minimum Gasteiger partial charge on any atom is -0.497 e. The molecule has 2 heterocycles. The topological polar surface area (TPSA) is 102 Å². The van der Waals surface area contributed by atoms with Crippen LogP contribution in [-0.4, -0.2) is 36.0 Å². The molecule has 0 spiro atoms. The van der Waals surface area contributed by atoms with Crippen LogP contribution in [0.5, 0.6) is 11.5 Å². The summed E-state index contributed by atoms with van der Waals surface area (Å²) in [4.78, 5) is 33.0. The Morgan fingerprint density at radius 1 is 0.931 bits per heavy atom. The molecule has 8 nitrogen and oxygen atoms in total. The number of carbonyl (C=O) groups is 2. The van der Waals surface area contributed by atoms with Gasteiger partial charge in [-0.1, -0.05) is 0 Å². The number of ether oxygens (including phenoxy) is 2. The lowest BCUT2D eigenvalue weighted by Gasteiger charge is -2.12. The largest absolute Gasteiger partial charge is 0.497 e. The van der Waals surface area contributed by atoms with Crippen LogP contribution < -0.4 is 20.1 Å². The van der Waals surface area contributed by atoms with Gasteiger partial charge in [0.1, 0.15) is 17.2 Å². The normalized spacial score (nSPS) is 10.1. The summed E-state index contributed by atoms with van der Waals surface area (Å²) < 4.78 is 10.4. The van der Waals surface area contributed by atoms with Gasteiger partial charge in [0, 0.05) is 36.8 Å². The molecule has 0 bridgehead atoms. The summed E-state index contributed by atoms with van der Waals surface area (Å²) in [7, 11) is 3.03.